The lowest BCUT2D eigenvalue weighted by Gasteiger charge is -2.31. The molecule has 3 N–H and O–H groups in total. The molecule has 1 heterocycles. The summed E-state index contributed by atoms with van der Waals surface area (Å²) in [4.78, 5) is 3.29. The Hall–Kier alpha value is -0.990. The first-order valence-electron chi connectivity index (χ1n) is 6.00. The van der Waals surface area contributed by atoms with Crippen LogP contribution in [0.25, 0.3) is 10.9 Å². The topological polar surface area (TPSA) is 41.8 Å². The van der Waals surface area contributed by atoms with Gasteiger partial charge in [0, 0.05) is 33.1 Å². The van der Waals surface area contributed by atoms with Gasteiger partial charge in [-0.3, -0.25) is 0 Å². The highest BCUT2D eigenvalue weighted by Crippen LogP contribution is 2.50. The Kier molecular flexibility index (Phi) is 2.14. The summed E-state index contributed by atoms with van der Waals surface area (Å²) in [7, 11) is 0. The Bertz CT molecular complexity index is 579. The summed E-state index contributed by atoms with van der Waals surface area (Å²) in [5.41, 5.74) is 8.74. The number of halogens is 1. The number of H-pyrrole nitrogens is 1. The largest absolute Gasteiger partial charge is 0.361 e. The number of hydrogen-bond donors (Lipinski definition) is 2. The van der Waals surface area contributed by atoms with Gasteiger partial charge in [0.25, 0.3) is 0 Å². The first-order valence-corrected chi connectivity index (χ1v) is 6.38. The maximum absolute atomic E-state index is 6.40. The molecule has 0 atom stereocenters. The van der Waals surface area contributed by atoms with Gasteiger partial charge in [0.15, 0.2) is 0 Å². The van der Waals surface area contributed by atoms with Crippen molar-refractivity contribution >= 4 is 22.5 Å². The van der Waals surface area contributed by atoms with Gasteiger partial charge in [-0.2, -0.15) is 0 Å². The van der Waals surface area contributed by atoms with E-state index in [1.54, 1.807) is 0 Å². The average Bonchev–Trinajstić information content (AvgIpc) is 2.89. The van der Waals surface area contributed by atoms with Crippen LogP contribution in [0.1, 0.15) is 32.3 Å². The van der Waals surface area contributed by atoms with Crippen LogP contribution in [-0.2, 0) is 5.41 Å². The van der Waals surface area contributed by atoms with Gasteiger partial charge in [0.1, 0.15) is 0 Å². The summed E-state index contributed by atoms with van der Waals surface area (Å²) < 4.78 is 0. The zero-order chi connectivity index (χ0) is 12.3. The standard InChI is InChI=1S/C14H17ClN2/c1-13(2,14(16)5-6-14)11-8-17-12-7-9(15)3-4-10(11)12/h3-4,7-8,17H,5-6,16H2,1-2H3. The first kappa shape index (κ1) is 11.1. The summed E-state index contributed by atoms with van der Waals surface area (Å²) in [6, 6.07) is 5.98. The molecule has 1 aliphatic carbocycles. The Balaban J connectivity index is 2.18. The van der Waals surface area contributed by atoms with Gasteiger partial charge in [-0.25, -0.2) is 0 Å². The van der Waals surface area contributed by atoms with E-state index in [9.17, 15) is 0 Å². The predicted octanol–water partition coefficient (Wildman–Crippen LogP) is 3.59. The molecule has 90 valence electrons. The molecule has 0 radical (unpaired) electrons. The van der Waals surface area contributed by atoms with Crippen molar-refractivity contribution in [3.05, 3.63) is 35.0 Å². The van der Waals surface area contributed by atoms with E-state index in [0.717, 1.165) is 23.4 Å². The number of rotatable bonds is 2. The minimum absolute atomic E-state index is 0.000913. The number of nitrogens with two attached hydrogens (primary N) is 1. The summed E-state index contributed by atoms with van der Waals surface area (Å²) >= 11 is 6.00. The van der Waals surface area contributed by atoms with Crippen molar-refractivity contribution in [2.24, 2.45) is 5.73 Å². The number of aromatic amines is 1. The van der Waals surface area contributed by atoms with E-state index in [-0.39, 0.29) is 11.0 Å². The van der Waals surface area contributed by atoms with Gasteiger partial charge in [0.05, 0.1) is 0 Å². The highest BCUT2D eigenvalue weighted by atomic mass is 35.5. The van der Waals surface area contributed by atoms with Crippen molar-refractivity contribution in [1.29, 1.82) is 0 Å². The third kappa shape index (κ3) is 1.51. The number of fused-ring (bicyclic) bond motifs is 1. The van der Waals surface area contributed by atoms with Crippen LogP contribution in [0.2, 0.25) is 5.02 Å². The van der Waals surface area contributed by atoms with Crippen molar-refractivity contribution in [3.8, 4) is 0 Å². The molecule has 0 aliphatic heterocycles. The molecule has 0 spiro atoms. The summed E-state index contributed by atoms with van der Waals surface area (Å²) in [5.74, 6) is 0. The molecule has 0 saturated heterocycles. The lowest BCUT2D eigenvalue weighted by Crippen LogP contribution is -2.43. The van der Waals surface area contributed by atoms with E-state index in [4.69, 9.17) is 17.3 Å². The molecular formula is C14H17ClN2. The van der Waals surface area contributed by atoms with E-state index < -0.39 is 0 Å². The van der Waals surface area contributed by atoms with Crippen LogP contribution in [0.15, 0.2) is 24.4 Å². The molecule has 2 nitrogen and oxygen atoms in total. The lowest BCUT2D eigenvalue weighted by molar-refractivity contribution is 0.394. The molecule has 1 aromatic heterocycles. The van der Waals surface area contributed by atoms with Crippen LogP contribution in [0.5, 0.6) is 0 Å². The van der Waals surface area contributed by atoms with Crippen LogP contribution in [0.3, 0.4) is 0 Å². The van der Waals surface area contributed by atoms with Gasteiger partial charge in [0.2, 0.25) is 0 Å². The van der Waals surface area contributed by atoms with Crippen LogP contribution in [0, 0.1) is 0 Å². The minimum atomic E-state index is -0.0399. The normalized spacial score (nSPS) is 18.6. The third-order valence-electron chi connectivity index (χ3n) is 4.35. The Labute approximate surface area is 106 Å². The number of benzene rings is 1. The van der Waals surface area contributed by atoms with Gasteiger partial charge < -0.3 is 10.7 Å². The Morgan fingerprint density at radius 3 is 2.71 bits per heavy atom. The monoisotopic (exact) mass is 248 g/mol. The zero-order valence-corrected chi connectivity index (χ0v) is 10.9. The van der Waals surface area contributed by atoms with Gasteiger partial charge >= 0.3 is 0 Å². The summed E-state index contributed by atoms with van der Waals surface area (Å²) in [6.45, 7) is 4.47. The highest BCUT2D eigenvalue weighted by molar-refractivity contribution is 6.31. The maximum Gasteiger partial charge on any atom is 0.0471 e. The molecule has 0 unspecified atom stereocenters. The SMILES string of the molecule is CC(C)(c1c[nH]c2cc(Cl)ccc12)C1(N)CC1. The van der Waals surface area contributed by atoms with Crippen LogP contribution in [0.4, 0.5) is 0 Å². The minimum Gasteiger partial charge on any atom is -0.361 e. The number of aromatic nitrogens is 1. The molecular weight excluding hydrogens is 232 g/mol. The number of nitrogens with one attached hydrogen (secondary N) is 1. The Morgan fingerprint density at radius 1 is 1.35 bits per heavy atom. The second-order valence-electron chi connectivity index (χ2n) is 5.67. The van der Waals surface area contributed by atoms with Crippen molar-refractivity contribution < 1.29 is 0 Å². The van der Waals surface area contributed by atoms with Crippen molar-refractivity contribution in [1.82, 2.24) is 4.98 Å². The Morgan fingerprint density at radius 2 is 2.06 bits per heavy atom. The van der Waals surface area contributed by atoms with Crippen molar-refractivity contribution in [2.45, 2.75) is 37.6 Å². The molecule has 2 aromatic rings. The summed E-state index contributed by atoms with van der Waals surface area (Å²) in [5, 5.41) is 1.99. The number of hydrogen-bond acceptors (Lipinski definition) is 1. The van der Waals surface area contributed by atoms with Crippen LogP contribution in [-0.4, -0.2) is 10.5 Å². The van der Waals surface area contributed by atoms with Crippen molar-refractivity contribution in [2.75, 3.05) is 0 Å². The maximum atomic E-state index is 6.40. The van der Waals surface area contributed by atoms with E-state index in [0.29, 0.717) is 0 Å². The fourth-order valence-corrected chi connectivity index (χ4v) is 2.82. The molecule has 3 heteroatoms. The second kappa shape index (κ2) is 3.27. The van der Waals surface area contributed by atoms with Crippen LogP contribution >= 0.6 is 11.6 Å². The van der Waals surface area contributed by atoms with Gasteiger partial charge in [-0.05, 0) is 30.5 Å². The average molecular weight is 249 g/mol. The van der Waals surface area contributed by atoms with Gasteiger partial charge in [-0.1, -0.05) is 31.5 Å². The molecule has 17 heavy (non-hydrogen) atoms. The first-order chi connectivity index (χ1) is 7.94. The fourth-order valence-electron chi connectivity index (χ4n) is 2.64. The van der Waals surface area contributed by atoms with Gasteiger partial charge in [-0.15, -0.1) is 0 Å². The highest BCUT2D eigenvalue weighted by Gasteiger charge is 2.52. The van der Waals surface area contributed by atoms with E-state index >= 15 is 0 Å². The van der Waals surface area contributed by atoms with E-state index in [2.05, 4.69) is 31.1 Å². The van der Waals surface area contributed by atoms with Crippen molar-refractivity contribution in [3.63, 3.8) is 0 Å². The van der Waals surface area contributed by atoms with Crippen LogP contribution < -0.4 is 5.73 Å². The third-order valence-corrected chi connectivity index (χ3v) is 4.59. The fraction of sp³-hybridized carbons (Fsp3) is 0.429. The summed E-state index contributed by atoms with van der Waals surface area (Å²) in [6.07, 6.45) is 4.30. The lowest BCUT2D eigenvalue weighted by atomic mass is 9.76. The molecule has 1 aromatic carbocycles. The molecule has 1 fully saturated rings. The molecule has 3 rings (SSSR count). The molecule has 0 amide bonds. The quantitative estimate of drug-likeness (QED) is 0.838. The predicted molar refractivity (Wildman–Crippen MR) is 72.5 cm³/mol. The smallest absolute Gasteiger partial charge is 0.0471 e. The molecule has 0 bridgehead atoms. The van der Waals surface area contributed by atoms with E-state index in [1.807, 2.05) is 12.1 Å². The zero-order valence-electron chi connectivity index (χ0n) is 10.2. The second-order valence-corrected chi connectivity index (χ2v) is 6.11. The van der Waals surface area contributed by atoms with E-state index in [1.165, 1.54) is 10.9 Å². The molecule has 1 aliphatic rings. The molecule has 1 saturated carbocycles.